The van der Waals surface area contributed by atoms with Crippen molar-refractivity contribution < 1.29 is 9.53 Å². The molecule has 0 unspecified atom stereocenters. The number of fused-ring (bicyclic) bond motifs is 1. The Morgan fingerprint density at radius 1 is 1.35 bits per heavy atom. The normalized spacial score (nSPS) is 10.9. The van der Waals surface area contributed by atoms with E-state index in [0.717, 1.165) is 25.0 Å². The van der Waals surface area contributed by atoms with Crippen LogP contribution >= 0.6 is 0 Å². The third-order valence-electron chi connectivity index (χ3n) is 3.38. The van der Waals surface area contributed by atoms with Crippen molar-refractivity contribution in [3.8, 4) is 0 Å². The van der Waals surface area contributed by atoms with E-state index in [1.165, 1.54) is 18.1 Å². The molecule has 1 aromatic heterocycles. The monoisotopic (exact) mass is 274 g/mol. The predicted octanol–water partition coefficient (Wildman–Crippen LogP) is 2.70. The summed E-state index contributed by atoms with van der Waals surface area (Å²) in [6.07, 6.45) is 3.57. The molecule has 1 heterocycles. The van der Waals surface area contributed by atoms with Crippen LogP contribution in [0.2, 0.25) is 0 Å². The van der Waals surface area contributed by atoms with Gasteiger partial charge in [-0.25, -0.2) is 0 Å². The first-order valence-electron chi connectivity index (χ1n) is 7.10. The van der Waals surface area contributed by atoms with Crippen LogP contribution in [0.15, 0.2) is 30.5 Å². The van der Waals surface area contributed by atoms with E-state index in [4.69, 9.17) is 0 Å². The molecule has 108 valence electrons. The lowest BCUT2D eigenvalue weighted by Crippen LogP contribution is -2.13. The van der Waals surface area contributed by atoms with Gasteiger partial charge in [-0.1, -0.05) is 13.0 Å². The van der Waals surface area contributed by atoms with Gasteiger partial charge in [-0.2, -0.15) is 0 Å². The van der Waals surface area contributed by atoms with E-state index in [2.05, 4.69) is 45.8 Å². The molecule has 0 aliphatic carbocycles. The summed E-state index contributed by atoms with van der Waals surface area (Å²) in [5.41, 5.74) is 2.45. The van der Waals surface area contributed by atoms with Gasteiger partial charge in [-0.15, -0.1) is 0 Å². The molecule has 0 amide bonds. The number of methoxy groups -OCH3 is 1. The van der Waals surface area contributed by atoms with Crippen LogP contribution in [-0.4, -0.2) is 24.2 Å². The number of aryl methyl sites for hydroxylation is 1. The van der Waals surface area contributed by atoms with Crippen LogP contribution in [0.1, 0.15) is 25.3 Å². The standard InChI is InChI=1S/C16H22N2O2/c1-3-8-17-12-13-4-5-15-14(11-13)6-9-18(15)10-7-16(19)20-2/h4-6,9,11,17H,3,7-8,10,12H2,1-2H3. The van der Waals surface area contributed by atoms with Crippen LogP contribution in [0, 0.1) is 0 Å². The van der Waals surface area contributed by atoms with Crippen LogP contribution in [0.5, 0.6) is 0 Å². The van der Waals surface area contributed by atoms with Crippen molar-refractivity contribution in [3.05, 3.63) is 36.0 Å². The van der Waals surface area contributed by atoms with Crippen LogP contribution in [-0.2, 0) is 22.6 Å². The Bertz CT molecular complexity index is 575. The number of hydrogen-bond acceptors (Lipinski definition) is 3. The molecule has 0 spiro atoms. The maximum absolute atomic E-state index is 11.2. The Balaban J connectivity index is 2.06. The van der Waals surface area contributed by atoms with Crippen molar-refractivity contribution in [2.24, 2.45) is 0 Å². The second-order valence-corrected chi connectivity index (χ2v) is 4.91. The molecule has 0 saturated carbocycles. The number of aromatic nitrogens is 1. The Hall–Kier alpha value is -1.81. The Kier molecular flexibility index (Phi) is 5.18. The minimum Gasteiger partial charge on any atom is -0.469 e. The molecule has 0 radical (unpaired) electrons. The highest BCUT2D eigenvalue weighted by molar-refractivity contribution is 5.81. The molecule has 2 aromatic rings. The van der Waals surface area contributed by atoms with E-state index in [1.807, 2.05) is 6.20 Å². The SMILES string of the molecule is CCCNCc1ccc2c(ccn2CCC(=O)OC)c1. The third-order valence-corrected chi connectivity index (χ3v) is 3.38. The van der Waals surface area contributed by atoms with Crippen molar-refractivity contribution >= 4 is 16.9 Å². The minimum atomic E-state index is -0.174. The molecule has 0 bridgehead atoms. The predicted molar refractivity (Wildman–Crippen MR) is 80.6 cm³/mol. The number of hydrogen-bond donors (Lipinski definition) is 1. The van der Waals surface area contributed by atoms with Crippen molar-refractivity contribution in [3.63, 3.8) is 0 Å². The second-order valence-electron chi connectivity index (χ2n) is 4.91. The average molecular weight is 274 g/mol. The molecule has 0 atom stereocenters. The van der Waals surface area contributed by atoms with Crippen LogP contribution in [0.25, 0.3) is 10.9 Å². The van der Waals surface area contributed by atoms with Gasteiger partial charge in [0.15, 0.2) is 0 Å². The smallest absolute Gasteiger partial charge is 0.307 e. The fraction of sp³-hybridized carbons (Fsp3) is 0.438. The molecule has 0 fully saturated rings. The number of ether oxygens (including phenoxy) is 1. The quantitative estimate of drug-likeness (QED) is 0.623. The number of esters is 1. The molecule has 4 nitrogen and oxygen atoms in total. The van der Waals surface area contributed by atoms with Crippen LogP contribution in [0.3, 0.4) is 0 Å². The number of nitrogens with one attached hydrogen (secondary N) is 1. The van der Waals surface area contributed by atoms with Crippen molar-refractivity contribution in [1.82, 2.24) is 9.88 Å². The van der Waals surface area contributed by atoms with Gasteiger partial charge in [0.1, 0.15) is 0 Å². The van der Waals surface area contributed by atoms with E-state index in [1.54, 1.807) is 0 Å². The maximum Gasteiger partial charge on any atom is 0.307 e. The van der Waals surface area contributed by atoms with Crippen molar-refractivity contribution in [1.29, 1.82) is 0 Å². The Labute approximate surface area is 119 Å². The first-order valence-corrected chi connectivity index (χ1v) is 7.10. The van der Waals surface area contributed by atoms with E-state index in [9.17, 15) is 4.79 Å². The summed E-state index contributed by atoms with van der Waals surface area (Å²) in [7, 11) is 1.42. The fourth-order valence-electron chi connectivity index (χ4n) is 2.28. The minimum absolute atomic E-state index is 0.174. The highest BCUT2D eigenvalue weighted by Crippen LogP contribution is 2.18. The maximum atomic E-state index is 11.2. The van der Waals surface area contributed by atoms with E-state index in [0.29, 0.717) is 13.0 Å². The topological polar surface area (TPSA) is 43.3 Å². The van der Waals surface area contributed by atoms with Gasteiger partial charge in [0, 0.05) is 24.8 Å². The molecule has 2 rings (SSSR count). The zero-order chi connectivity index (χ0) is 14.4. The van der Waals surface area contributed by atoms with Crippen LogP contribution < -0.4 is 5.32 Å². The Morgan fingerprint density at radius 2 is 2.20 bits per heavy atom. The second kappa shape index (κ2) is 7.10. The summed E-state index contributed by atoms with van der Waals surface area (Å²) in [6.45, 7) is 4.76. The largest absolute Gasteiger partial charge is 0.469 e. The van der Waals surface area contributed by atoms with Gasteiger partial charge in [0.25, 0.3) is 0 Å². The van der Waals surface area contributed by atoms with E-state index < -0.39 is 0 Å². The van der Waals surface area contributed by atoms with Gasteiger partial charge in [0.2, 0.25) is 0 Å². The Morgan fingerprint density at radius 3 is 2.95 bits per heavy atom. The zero-order valence-corrected chi connectivity index (χ0v) is 12.2. The van der Waals surface area contributed by atoms with Gasteiger partial charge in [-0.05, 0) is 42.1 Å². The molecule has 4 heteroatoms. The summed E-state index contributed by atoms with van der Waals surface area (Å²) in [5.74, 6) is -0.174. The molecule has 1 aromatic carbocycles. The van der Waals surface area contributed by atoms with Crippen molar-refractivity contribution in [2.75, 3.05) is 13.7 Å². The van der Waals surface area contributed by atoms with Gasteiger partial charge < -0.3 is 14.6 Å². The summed E-state index contributed by atoms with van der Waals surface area (Å²) in [5, 5.41) is 4.62. The first kappa shape index (κ1) is 14.6. The number of carbonyl (C=O) groups is 1. The molecule has 0 aliphatic rings. The number of nitrogens with zero attached hydrogens (tertiary/aromatic N) is 1. The summed E-state index contributed by atoms with van der Waals surface area (Å²) in [4.78, 5) is 11.2. The first-order chi connectivity index (χ1) is 9.74. The molecule has 0 aliphatic heterocycles. The van der Waals surface area contributed by atoms with Gasteiger partial charge in [-0.3, -0.25) is 4.79 Å². The van der Waals surface area contributed by atoms with E-state index in [-0.39, 0.29) is 5.97 Å². The lowest BCUT2D eigenvalue weighted by molar-refractivity contribution is -0.140. The molecular weight excluding hydrogens is 252 g/mol. The fourth-order valence-corrected chi connectivity index (χ4v) is 2.28. The lowest BCUT2D eigenvalue weighted by atomic mass is 10.1. The summed E-state index contributed by atoms with van der Waals surface area (Å²) >= 11 is 0. The molecule has 20 heavy (non-hydrogen) atoms. The van der Waals surface area contributed by atoms with Crippen LogP contribution in [0.4, 0.5) is 0 Å². The summed E-state index contributed by atoms with van der Waals surface area (Å²) < 4.78 is 6.77. The molecule has 1 N–H and O–H groups in total. The number of rotatable bonds is 7. The molecular formula is C16H22N2O2. The number of carbonyl (C=O) groups excluding carboxylic acids is 1. The summed E-state index contributed by atoms with van der Waals surface area (Å²) in [6, 6.07) is 8.55. The average Bonchev–Trinajstić information content (AvgIpc) is 2.87. The van der Waals surface area contributed by atoms with Gasteiger partial charge >= 0.3 is 5.97 Å². The highest BCUT2D eigenvalue weighted by Gasteiger charge is 2.05. The zero-order valence-electron chi connectivity index (χ0n) is 12.2. The molecule has 0 saturated heterocycles. The van der Waals surface area contributed by atoms with Gasteiger partial charge in [0.05, 0.1) is 13.5 Å². The highest BCUT2D eigenvalue weighted by atomic mass is 16.5. The van der Waals surface area contributed by atoms with Crippen molar-refractivity contribution in [2.45, 2.75) is 32.9 Å². The third kappa shape index (κ3) is 3.61. The number of benzene rings is 1. The lowest BCUT2D eigenvalue weighted by Gasteiger charge is -2.06. The van der Waals surface area contributed by atoms with E-state index >= 15 is 0 Å².